The van der Waals surface area contributed by atoms with E-state index in [1.165, 1.54) is 0 Å². The molecule has 0 atom stereocenters. The average molecular weight is 251 g/mol. The summed E-state index contributed by atoms with van der Waals surface area (Å²) in [5.74, 6) is 0.696. The third-order valence-corrected chi connectivity index (χ3v) is 2.26. The lowest BCUT2D eigenvalue weighted by Crippen LogP contribution is -2.18. The fourth-order valence-corrected chi connectivity index (χ4v) is 1.51. The molecule has 0 heterocycles. The quantitative estimate of drug-likeness (QED) is 0.845. The maximum atomic E-state index is 11.5. The highest BCUT2D eigenvalue weighted by Gasteiger charge is 2.06. The van der Waals surface area contributed by atoms with Crippen LogP contribution in [0.5, 0.6) is 5.75 Å². The lowest BCUT2D eigenvalue weighted by atomic mass is 10.2. The number of hydrogen-bond acceptors (Lipinski definition) is 3. The van der Waals surface area contributed by atoms with Crippen molar-refractivity contribution in [2.75, 3.05) is 18.5 Å². The highest BCUT2D eigenvalue weighted by Crippen LogP contribution is 2.22. The van der Waals surface area contributed by atoms with Crippen molar-refractivity contribution in [1.82, 2.24) is 0 Å². The van der Waals surface area contributed by atoms with Gasteiger partial charge in [-0.1, -0.05) is 0 Å². The molecular weight excluding hydrogens is 230 g/mol. The molecule has 1 rings (SSSR count). The van der Waals surface area contributed by atoms with E-state index in [0.717, 1.165) is 17.0 Å². The highest BCUT2D eigenvalue weighted by molar-refractivity contribution is 5.91. The van der Waals surface area contributed by atoms with E-state index in [0.29, 0.717) is 6.61 Å². The van der Waals surface area contributed by atoms with Gasteiger partial charge in [-0.3, -0.25) is 4.79 Å². The minimum absolute atomic E-state index is 0.0831. The Bertz CT molecular complexity index is 402. The Kier molecular flexibility index (Phi) is 5.65. The summed E-state index contributed by atoms with van der Waals surface area (Å²) in [6, 6.07) is 5.59. The molecule has 18 heavy (non-hydrogen) atoms. The molecular formula is C14H21NO3. The van der Waals surface area contributed by atoms with Crippen LogP contribution in [-0.4, -0.2) is 25.2 Å². The topological polar surface area (TPSA) is 47.6 Å². The van der Waals surface area contributed by atoms with Crippen LogP contribution in [0.25, 0.3) is 0 Å². The number of hydrogen-bond donors (Lipinski definition) is 1. The fourth-order valence-electron chi connectivity index (χ4n) is 1.51. The summed E-state index contributed by atoms with van der Waals surface area (Å²) in [6.45, 7) is 8.40. The number of amides is 1. The molecule has 1 N–H and O–H groups in total. The van der Waals surface area contributed by atoms with Crippen molar-refractivity contribution in [1.29, 1.82) is 0 Å². The van der Waals surface area contributed by atoms with Gasteiger partial charge in [0, 0.05) is 12.3 Å². The normalized spacial score (nSPS) is 10.5. The first-order valence-corrected chi connectivity index (χ1v) is 6.17. The summed E-state index contributed by atoms with van der Waals surface area (Å²) in [7, 11) is 0. The molecule has 0 aromatic heterocycles. The van der Waals surface area contributed by atoms with Crippen LogP contribution in [0.2, 0.25) is 0 Å². The van der Waals surface area contributed by atoms with Crippen LogP contribution in [0.3, 0.4) is 0 Å². The molecule has 0 saturated heterocycles. The van der Waals surface area contributed by atoms with E-state index in [1.54, 1.807) is 0 Å². The Morgan fingerprint density at radius 1 is 1.39 bits per heavy atom. The zero-order valence-electron chi connectivity index (χ0n) is 11.4. The second kappa shape index (κ2) is 7.01. The Morgan fingerprint density at radius 3 is 2.67 bits per heavy atom. The summed E-state index contributed by atoms with van der Waals surface area (Å²) in [4.78, 5) is 11.5. The molecule has 4 nitrogen and oxygen atoms in total. The number of benzene rings is 1. The van der Waals surface area contributed by atoms with E-state index in [4.69, 9.17) is 9.47 Å². The first-order valence-electron chi connectivity index (χ1n) is 6.17. The van der Waals surface area contributed by atoms with Gasteiger partial charge in [-0.25, -0.2) is 0 Å². The van der Waals surface area contributed by atoms with Crippen LogP contribution in [-0.2, 0) is 9.53 Å². The molecule has 0 spiro atoms. The summed E-state index contributed by atoms with van der Waals surface area (Å²) in [6.07, 6.45) is 0.141. The smallest absolute Gasteiger partial charge is 0.250 e. The number of rotatable bonds is 6. The van der Waals surface area contributed by atoms with Gasteiger partial charge in [0.2, 0.25) is 5.91 Å². The van der Waals surface area contributed by atoms with Gasteiger partial charge in [-0.2, -0.15) is 0 Å². The molecule has 1 aromatic rings. The monoisotopic (exact) mass is 251 g/mol. The molecule has 0 bridgehead atoms. The molecule has 4 heteroatoms. The number of carbonyl (C=O) groups excluding carboxylic acids is 1. The van der Waals surface area contributed by atoms with Gasteiger partial charge in [0.25, 0.3) is 0 Å². The number of nitrogens with one attached hydrogen (secondary N) is 1. The van der Waals surface area contributed by atoms with Crippen LogP contribution in [0.1, 0.15) is 26.3 Å². The van der Waals surface area contributed by atoms with Gasteiger partial charge in [-0.05, 0) is 51.5 Å². The summed E-state index contributed by atoms with van der Waals surface area (Å²) >= 11 is 0. The molecule has 0 unspecified atom stereocenters. The average Bonchev–Trinajstić information content (AvgIpc) is 2.29. The summed E-state index contributed by atoms with van der Waals surface area (Å²) < 4.78 is 10.7. The van der Waals surface area contributed by atoms with Gasteiger partial charge in [0.05, 0.1) is 6.10 Å². The largest absolute Gasteiger partial charge is 0.491 e. The van der Waals surface area contributed by atoms with Gasteiger partial charge in [0.1, 0.15) is 12.4 Å². The third-order valence-electron chi connectivity index (χ3n) is 2.26. The van der Waals surface area contributed by atoms with Crippen LogP contribution >= 0.6 is 0 Å². The van der Waals surface area contributed by atoms with Crippen LogP contribution in [0.4, 0.5) is 5.69 Å². The van der Waals surface area contributed by atoms with E-state index in [-0.39, 0.29) is 18.6 Å². The van der Waals surface area contributed by atoms with Crippen LogP contribution in [0.15, 0.2) is 18.2 Å². The zero-order chi connectivity index (χ0) is 13.5. The van der Waals surface area contributed by atoms with Crippen molar-refractivity contribution in [2.45, 2.75) is 33.8 Å². The Morgan fingerprint density at radius 2 is 2.11 bits per heavy atom. The number of anilines is 1. The Balaban J connectivity index is 2.63. The van der Waals surface area contributed by atoms with E-state index < -0.39 is 0 Å². The van der Waals surface area contributed by atoms with Gasteiger partial charge in [0.15, 0.2) is 0 Å². The van der Waals surface area contributed by atoms with E-state index in [2.05, 4.69) is 5.32 Å². The zero-order valence-corrected chi connectivity index (χ0v) is 11.4. The van der Waals surface area contributed by atoms with Crippen molar-refractivity contribution in [3.63, 3.8) is 0 Å². The first kappa shape index (κ1) is 14.5. The van der Waals surface area contributed by atoms with Crippen LogP contribution < -0.4 is 10.1 Å². The Hall–Kier alpha value is -1.55. The molecule has 0 aliphatic carbocycles. The molecule has 1 amide bonds. The first-order chi connectivity index (χ1) is 8.52. The summed E-state index contributed by atoms with van der Waals surface area (Å²) in [5, 5.41) is 2.78. The second-order valence-electron chi connectivity index (χ2n) is 4.33. The molecule has 100 valence electrons. The Labute approximate surface area is 108 Å². The van der Waals surface area contributed by atoms with Crippen molar-refractivity contribution in [3.05, 3.63) is 23.8 Å². The minimum atomic E-state index is -0.145. The number of ether oxygens (including phenoxy) is 2. The van der Waals surface area contributed by atoms with Crippen LogP contribution in [0, 0.1) is 6.92 Å². The fraction of sp³-hybridized carbons (Fsp3) is 0.500. The van der Waals surface area contributed by atoms with Crippen molar-refractivity contribution < 1.29 is 14.3 Å². The molecule has 0 aliphatic rings. The van der Waals surface area contributed by atoms with Gasteiger partial charge in [-0.15, -0.1) is 0 Å². The molecule has 0 fully saturated rings. The van der Waals surface area contributed by atoms with Gasteiger partial charge >= 0.3 is 0 Å². The third kappa shape index (κ3) is 4.75. The van der Waals surface area contributed by atoms with Gasteiger partial charge < -0.3 is 14.8 Å². The summed E-state index contributed by atoms with van der Waals surface area (Å²) in [5.41, 5.74) is 1.76. The molecule has 0 saturated carbocycles. The lowest BCUT2D eigenvalue weighted by molar-refractivity contribution is -0.120. The minimum Gasteiger partial charge on any atom is -0.491 e. The lowest BCUT2D eigenvalue weighted by Gasteiger charge is -2.13. The standard InChI is InChI=1S/C14H21NO3/c1-5-17-9-14(16)15-12-6-7-13(11(4)8-12)18-10(2)3/h6-8,10H,5,9H2,1-4H3,(H,15,16). The van der Waals surface area contributed by atoms with E-state index >= 15 is 0 Å². The maximum Gasteiger partial charge on any atom is 0.250 e. The van der Waals surface area contributed by atoms with Crippen molar-refractivity contribution >= 4 is 11.6 Å². The predicted octanol–water partition coefficient (Wildman–Crippen LogP) is 2.76. The second-order valence-corrected chi connectivity index (χ2v) is 4.33. The van der Waals surface area contributed by atoms with Crippen molar-refractivity contribution in [2.24, 2.45) is 0 Å². The molecule has 0 aliphatic heterocycles. The maximum absolute atomic E-state index is 11.5. The predicted molar refractivity (Wildman–Crippen MR) is 72.1 cm³/mol. The highest BCUT2D eigenvalue weighted by atomic mass is 16.5. The SMILES string of the molecule is CCOCC(=O)Nc1ccc(OC(C)C)c(C)c1. The van der Waals surface area contributed by atoms with Crippen molar-refractivity contribution in [3.8, 4) is 5.75 Å². The number of carbonyl (C=O) groups is 1. The molecule has 1 aromatic carbocycles. The van der Waals surface area contributed by atoms with E-state index in [1.807, 2.05) is 45.9 Å². The molecule has 0 radical (unpaired) electrons. The number of aryl methyl sites for hydroxylation is 1. The van der Waals surface area contributed by atoms with E-state index in [9.17, 15) is 4.79 Å².